The van der Waals surface area contributed by atoms with Crippen LogP contribution in [0.2, 0.25) is 4.34 Å². The van der Waals surface area contributed by atoms with Crippen LogP contribution in [-0.4, -0.2) is 30.1 Å². The average molecular weight is 271 g/mol. The van der Waals surface area contributed by atoms with Crippen molar-refractivity contribution in [3.05, 3.63) is 21.3 Å². The highest BCUT2D eigenvalue weighted by molar-refractivity contribution is 7.16. The highest BCUT2D eigenvalue weighted by Gasteiger charge is 2.31. The standard InChI is InChI=1S/C13H19ClN2S/c14-13-4-3-12(17-13)9-15-10-5-7-16-6-1-2-11(16)8-10/h3-4,10-11,15H,1-2,5-9H2. The molecule has 3 rings (SSSR count). The molecule has 0 saturated carbocycles. The number of fused-ring (bicyclic) bond motifs is 1. The van der Waals surface area contributed by atoms with E-state index in [1.165, 1.54) is 43.6 Å². The third kappa shape index (κ3) is 2.84. The summed E-state index contributed by atoms with van der Waals surface area (Å²) in [4.78, 5) is 4.02. The fourth-order valence-electron chi connectivity index (χ4n) is 3.10. The van der Waals surface area contributed by atoms with Gasteiger partial charge >= 0.3 is 0 Å². The molecule has 2 atom stereocenters. The van der Waals surface area contributed by atoms with Gasteiger partial charge in [0.05, 0.1) is 4.34 Å². The van der Waals surface area contributed by atoms with Gasteiger partial charge in [0.1, 0.15) is 0 Å². The third-order valence-electron chi connectivity index (χ3n) is 4.01. The number of halogens is 1. The molecule has 2 saturated heterocycles. The van der Waals surface area contributed by atoms with Crippen LogP contribution < -0.4 is 5.32 Å². The lowest BCUT2D eigenvalue weighted by Gasteiger charge is -2.35. The summed E-state index contributed by atoms with van der Waals surface area (Å²) in [6.45, 7) is 3.60. The molecule has 3 heterocycles. The topological polar surface area (TPSA) is 15.3 Å². The van der Waals surface area contributed by atoms with E-state index in [9.17, 15) is 0 Å². The van der Waals surface area contributed by atoms with E-state index in [2.05, 4.69) is 16.3 Å². The molecule has 0 bridgehead atoms. The molecule has 1 N–H and O–H groups in total. The Morgan fingerprint density at radius 3 is 3.12 bits per heavy atom. The summed E-state index contributed by atoms with van der Waals surface area (Å²) in [7, 11) is 0. The van der Waals surface area contributed by atoms with Gasteiger partial charge in [-0.3, -0.25) is 0 Å². The third-order valence-corrected chi connectivity index (χ3v) is 5.25. The molecule has 4 heteroatoms. The molecule has 1 aromatic heterocycles. The van der Waals surface area contributed by atoms with Crippen molar-refractivity contribution in [3.63, 3.8) is 0 Å². The Balaban J connectivity index is 1.49. The van der Waals surface area contributed by atoms with Gasteiger partial charge in [-0.1, -0.05) is 11.6 Å². The SMILES string of the molecule is Clc1ccc(CNC2CCN3CCCC3C2)s1. The molecular formula is C13H19ClN2S. The van der Waals surface area contributed by atoms with Crippen molar-refractivity contribution < 1.29 is 0 Å². The lowest BCUT2D eigenvalue weighted by Crippen LogP contribution is -2.45. The zero-order valence-corrected chi connectivity index (χ0v) is 11.6. The van der Waals surface area contributed by atoms with Crippen LogP contribution in [0.4, 0.5) is 0 Å². The van der Waals surface area contributed by atoms with Gasteiger partial charge in [-0.25, -0.2) is 0 Å². The van der Waals surface area contributed by atoms with E-state index in [0.717, 1.165) is 16.9 Å². The van der Waals surface area contributed by atoms with Crippen LogP contribution in [0, 0.1) is 0 Å². The van der Waals surface area contributed by atoms with Crippen molar-refractivity contribution in [2.24, 2.45) is 0 Å². The van der Waals surface area contributed by atoms with Crippen molar-refractivity contribution in [3.8, 4) is 0 Å². The molecule has 2 unspecified atom stereocenters. The Morgan fingerprint density at radius 1 is 1.35 bits per heavy atom. The Labute approximate surface area is 112 Å². The van der Waals surface area contributed by atoms with Crippen molar-refractivity contribution in [1.82, 2.24) is 10.2 Å². The molecule has 0 aliphatic carbocycles. The van der Waals surface area contributed by atoms with Crippen molar-refractivity contribution >= 4 is 22.9 Å². The summed E-state index contributed by atoms with van der Waals surface area (Å²) >= 11 is 7.63. The molecule has 0 radical (unpaired) electrons. The molecule has 2 fully saturated rings. The first-order valence-corrected chi connectivity index (χ1v) is 7.72. The van der Waals surface area contributed by atoms with E-state index >= 15 is 0 Å². The van der Waals surface area contributed by atoms with Crippen LogP contribution in [0.3, 0.4) is 0 Å². The van der Waals surface area contributed by atoms with Gasteiger partial charge in [-0.2, -0.15) is 0 Å². The highest BCUT2D eigenvalue weighted by Crippen LogP contribution is 2.27. The summed E-state index contributed by atoms with van der Waals surface area (Å²) in [5, 5.41) is 3.69. The van der Waals surface area contributed by atoms with Crippen LogP contribution in [0.25, 0.3) is 0 Å². The molecule has 2 nitrogen and oxygen atoms in total. The number of nitrogens with zero attached hydrogens (tertiary/aromatic N) is 1. The number of nitrogens with one attached hydrogen (secondary N) is 1. The largest absolute Gasteiger partial charge is 0.309 e. The predicted octanol–water partition coefficient (Wildman–Crippen LogP) is 3.12. The van der Waals surface area contributed by atoms with E-state index in [-0.39, 0.29) is 0 Å². The van der Waals surface area contributed by atoms with E-state index in [0.29, 0.717) is 6.04 Å². The van der Waals surface area contributed by atoms with Gasteiger partial charge in [-0.15, -0.1) is 11.3 Å². The van der Waals surface area contributed by atoms with Crippen LogP contribution in [-0.2, 0) is 6.54 Å². The van der Waals surface area contributed by atoms with Gasteiger partial charge < -0.3 is 10.2 Å². The maximum absolute atomic E-state index is 5.94. The minimum absolute atomic E-state index is 0.704. The van der Waals surface area contributed by atoms with Gasteiger partial charge in [-0.05, 0) is 50.9 Å². The van der Waals surface area contributed by atoms with E-state index in [4.69, 9.17) is 11.6 Å². The second-order valence-electron chi connectivity index (χ2n) is 5.14. The number of rotatable bonds is 3. The van der Waals surface area contributed by atoms with Gasteiger partial charge in [0.15, 0.2) is 0 Å². The zero-order chi connectivity index (χ0) is 11.7. The lowest BCUT2D eigenvalue weighted by molar-refractivity contribution is 0.166. The first-order valence-electron chi connectivity index (χ1n) is 6.53. The van der Waals surface area contributed by atoms with Crippen molar-refractivity contribution in [1.29, 1.82) is 0 Å². The second-order valence-corrected chi connectivity index (χ2v) is 6.94. The smallest absolute Gasteiger partial charge is 0.0931 e. The molecule has 2 aliphatic rings. The Hall–Kier alpha value is -0.0900. The lowest BCUT2D eigenvalue weighted by atomic mass is 9.97. The van der Waals surface area contributed by atoms with Crippen LogP contribution >= 0.6 is 22.9 Å². The summed E-state index contributed by atoms with van der Waals surface area (Å²) in [5.41, 5.74) is 0. The van der Waals surface area contributed by atoms with Gasteiger partial charge in [0.25, 0.3) is 0 Å². The summed E-state index contributed by atoms with van der Waals surface area (Å²) in [5.74, 6) is 0. The molecule has 0 aromatic carbocycles. The molecular weight excluding hydrogens is 252 g/mol. The number of thiophene rings is 1. The van der Waals surface area contributed by atoms with E-state index in [1.54, 1.807) is 11.3 Å². The van der Waals surface area contributed by atoms with E-state index in [1.807, 2.05) is 6.07 Å². The fourth-order valence-corrected chi connectivity index (χ4v) is 4.14. The maximum atomic E-state index is 5.94. The zero-order valence-electron chi connectivity index (χ0n) is 9.99. The maximum Gasteiger partial charge on any atom is 0.0931 e. The van der Waals surface area contributed by atoms with E-state index < -0.39 is 0 Å². The van der Waals surface area contributed by atoms with Crippen molar-refractivity contribution in [2.45, 2.75) is 44.3 Å². The highest BCUT2D eigenvalue weighted by atomic mass is 35.5. The molecule has 0 amide bonds. The van der Waals surface area contributed by atoms with Gasteiger partial charge in [0, 0.05) is 23.5 Å². The normalized spacial score (nSPS) is 29.5. The Kier molecular flexibility index (Phi) is 3.71. The second kappa shape index (κ2) is 5.27. The molecule has 0 spiro atoms. The molecule has 17 heavy (non-hydrogen) atoms. The summed E-state index contributed by atoms with van der Waals surface area (Å²) in [6, 6.07) is 5.68. The van der Waals surface area contributed by atoms with Crippen LogP contribution in [0.15, 0.2) is 12.1 Å². The first-order chi connectivity index (χ1) is 8.31. The molecule has 1 aromatic rings. The van der Waals surface area contributed by atoms with Crippen LogP contribution in [0.1, 0.15) is 30.6 Å². The number of hydrogen-bond acceptors (Lipinski definition) is 3. The average Bonchev–Trinajstić information content (AvgIpc) is 2.94. The predicted molar refractivity (Wildman–Crippen MR) is 73.8 cm³/mol. The van der Waals surface area contributed by atoms with Crippen LogP contribution in [0.5, 0.6) is 0 Å². The number of hydrogen-bond donors (Lipinski definition) is 1. The molecule has 2 aliphatic heterocycles. The number of piperidine rings is 1. The Morgan fingerprint density at radius 2 is 2.29 bits per heavy atom. The fraction of sp³-hybridized carbons (Fsp3) is 0.692. The van der Waals surface area contributed by atoms with Gasteiger partial charge in [0.2, 0.25) is 0 Å². The minimum Gasteiger partial charge on any atom is -0.309 e. The summed E-state index contributed by atoms with van der Waals surface area (Å²) < 4.78 is 0.896. The monoisotopic (exact) mass is 270 g/mol. The summed E-state index contributed by atoms with van der Waals surface area (Å²) in [6.07, 6.45) is 5.44. The quantitative estimate of drug-likeness (QED) is 0.908. The first kappa shape index (κ1) is 12.0. The van der Waals surface area contributed by atoms with Crippen molar-refractivity contribution in [2.75, 3.05) is 13.1 Å². The molecule has 94 valence electrons. The minimum atomic E-state index is 0.704. The Bertz CT molecular complexity index is 379.